The summed E-state index contributed by atoms with van der Waals surface area (Å²) in [5, 5.41) is 0.449. The van der Waals surface area contributed by atoms with Crippen molar-refractivity contribution in [1.29, 1.82) is 0 Å². The highest BCUT2D eigenvalue weighted by molar-refractivity contribution is 7.89. The average Bonchev–Trinajstić information content (AvgIpc) is 3.30. The molecule has 0 radical (unpaired) electrons. The van der Waals surface area contributed by atoms with Crippen molar-refractivity contribution < 1.29 is 12.8 Å². The molecule has 2 N–H and O–H groups in total. The molecule has 1 aliphatic heterocycles. The van der Waals surface area contributed by atoms with Crippen LogP contribution in [-0.4, -0.2) is 31.5 Å². The van der Waals surface area contributed by atoms with E-state index in [0.717, 1.165) is 32.5 Å². The van der Waals surface area contributed by atoms with Crippen LogP contribution in [0.5, 0.6) is 0 Å². The fraction of sp³-hybridized carbons (Fsp3) is 0.318. The third kappa shape index (κ3) is 3.88. The molecule has 4 rings (SSSR count). The summed E-state index contributed by atoms with van der Waals surface area (Å²) in [5.74, 6) is 1.28. The molecule has 3 aromatic rings. The molecule has 164 valence electrons. The van der Waals surface area contributed by atoms with E-state index in [1.807, 2.05) is 25.1 Å². The van der Waals surface area contributed by atoms with Gasteiger partial charge in [-0.3, -0.25) is 0 Å². The molecular formula is C22H24ClN3O3S2. The highest BCUT2D eigenvalue weighted by Gasteiger charge is 2.42. The Labute approximate surface area is 191 Å². The molecular weight excluding hydrogens is 454 g/mol. The number of nitrogens with two attached hydrogens (primary N) is 1. The summed E-state index contributed by atoms with van der Waals surface area (Å²) in [6, 6.07) is 12.0. The van der Waals surface area contributed by atoms with Gasteiger partial charge in [0, 0.05) is 12.6 Å². The summed E-state index contributed by atoms with van der Waals surface area (Å²) in [5.41, 5.74) is 8.13. The number of benzene rings is 1. The summed E-state index contributed by atoms with van der Waals surface area (Å²) in [4.78, 5) is 5.93. The van der Waals surface area contributed by atoms with E-state index in [4.69, 9.17) is 21.8 Å². The Morgan fingerprint density at radius 2 is 1.97 bits per heavy atom. The van der Waals surface area contributed by atoms with Gasteiger partial charge in [0.15, 0.2) is 0 Å². The van der Waals surface area contributed by atoms with Crippen molar-refractivity contribution in [3.63, 3.8) is 0 Å². The van der Waals surface area contributed by atoms with Crippen LogP contribution in [0.15, 0.2) is 45.8 Å². The van der Waals surface area contributed by atoms with E-state index in [1.54, 1.807) is 13.0 Å². The van der Waals surface area contributed by atoms with Crippen molar-refractivity contribution in [3.8, 4) is 22.0 Å². The van der Waals surface area contributed by atoms with E-state index in [-0.39, 0.29) is 11.7 Å². The fourth-order valence-corrected chi connectivity index (χ4v) is 6.80. The SMILES string of the molecule is CCc1cc(-c2cc(Cl)c(C3(C)CS(=O)(=O)N(C)C(N)=N3)s2)oc1-c1ccc(C)cc1. The van der Waals surface area contributed by atoms with E-state index < -0.39 is 15.6 Å². The number of hydrogen-bond donors (Lipinski definition) is 1. The van der Waals surface area contributed by atoms with Gasteiger partial charge in [-0.1, -0.05) is 48.4 Å². The standard InChI is InChI=1S/C22H24ClN3O3S2/c1-5-14-10-17(29-19(14)15-8-6-13(2)7-9-15)18-11-16(23)20(30-18)22(3)12-31(27,28)26(4)21(24)25-22/h6-11H,5,12H2,1-4H3,(H2,24,25). The van der Waals surface area contributed by atoms with Crippen LogP contribution >= 0.6 is 22.9 Å². The minimum atomic E-state index is -3.58. The lowest BCUT2D eigenvalue weighted by Crippen LogP contribution is -2.50. The van der Waals surface area contributed by atoms with Crippen LogP contribution in [0.3, 0.4) is 0 Å². The van der Waals surface area contributed by atoms with Crippen LogP contribution in [0.1, 0.15) is 29.9 Å². The largest absolute Gasteiger partial charge is 0.455 e. The van der Waals surface area contributed by atoms with E-state index in [9.17, 15) is 8.42 Å². The summed E-state index contributed by atoms with van der Waals surface area (Å²) in [6.45, 7) is 5.87. The number of halogens is 1. The number of nitrogens with zero attached hydrogens (tertiary/aromatic N) is 2. The molecule has 0 saturated heterocycles. The molecule has 0 aliphatic carbocycles. The van der Waals surface area contributed by atoms with Gasteiger partial charge in [-0.15, -0.1) is 11.3 Å². The van der Waals surface area contributed by atoms with Gasteiger partial charge >= 0.3 is 0 Å². The second kappa shape index (κ2) is 7.69. The molecule has 0 bridgehead atoms. The Bertz CT molecular complexity index is 1280. The molecule has 0 saturated carbocycles. The maximum atomic E-state index is 12.5. The number of furan rings is 1. The van der Waals surface area contributed by atoms with E-state index in [0.29, 0.717) is 15.7 Å². The Balaban J connectivity index is 1.77. The van der Waals surface area contributed by atoms with Gasteiger partial charge < -0.3 is 10.2 Å². The Hall–Kier alpha value is -2.29. The summed E-state index contributed by atoms with van der Waals surface area (Å²) in [7, 11) is -2.18. The highest BCUT2D eigenvalue weighted by atomic mass is 35.5. The van der Waals surface area contributed by atoms with E-state index >= 15 is 0 Å². The topological polar surface area (TPSA) is 88.9 Å². The number of aryl methyl sites for hydroxylation is 2. The van der Waals surface area contributed by atoms with Gasteiger partial charge in [-0.05, 0) is 38.0 Å². The zero-order valence-electron chi connectivity index (χ0n) is 17.8. The average molecular weight is 478 g/mol. The van der Waals surface area contributed by atoms with Gasteiger partial charge in [0.25, 0.3) is 0 Å². The number of aliphatic imine (C=N–C) groups is 1. The molecule has 1 aromatic carbocycles. The molecule has 0 spiro atoms. The lowest BCUT2D eigenvalue weighted by atomic mass is 10.0. The van der Waals surface area contributed by atoms with Crippen molar-refractivity contribution >= 4 is 38.9 Å². The first kappa shape index (κ1) is 21.9. The monoisotopic (exact) mass is 477 g/mol. The van der Waals surface area contributed by atoms with Crippen LogP contribution in [0.2, 0.25) is 5.02 Å². The van der Waals surface area contributed by atoms with Gasteiger partial charge in [-0.25, -0.2) is 17.7 Å². The van der Waals surface area contributed by atoms with Crippen LogP contribution in [-0.2, 0) is 22.0 Å². The number of rotatable bonds is 4. The molecule has 2 aromatic heterocycles. The van der Waals surface area contributed by atoms with Crippen molar-refractivity contribution in [3.05, 3.63) is 57.4 Å². The number of guanidine groups is 1. The van der Waals surface area contributed by atoms with Crippen LogP contribution < -0.4 is 5.73 Å². The third-order valence-corrected chi connectivity index (χ3v) is 9.25. The molecule has 3 heterocycles. The van der Waals surface area contributed by atoms with E-state index in [1.165, 1.54) is 23.9 Å². The lowest BCUT2D eigenvalue weighted by molar-refractivity contribution is 0.482. The highest BCUT2D eigenvalue weighted by Crippen LogP contribution is 2.45. The van der Waals surface area contributed by atoms with Gasteiger partial charge in [0.1, 0.15) is 17.1 Å². The van der Waals surface area contributed by atoms with Crippen LogP contribution in [0, 0.1) is 6.92 Å². The number of hydrogen-bond acceptors (Lipinski definition) is 6. The molecule has 9 heteroatoms. The molecule has 31 heavy (non-hydrogen) atoms. The second-order valence-corrected chi connectivity index (χ2v) is 11.4. The first-order valence-electron chi connectivity index (χ1n) is 9.86. The van der Waals surface area contributed by atoms with Gasteiger partial charge in [-0.2, -0.15) is 0 Å². The Kier molecular flexibility index (Phi) is 5.44. The molecule has 1 unspecified atom stereocenters. The number of thiophene rings is 1. The quantitative estimate of drug-likeness (QED) is 0.572. The van der Waals surface area contributed by atoms with Gasteiger partial charge in [0.2, 0.25) is 16.0 Å². The van der Waals surface area contributed by atoms with Crippen molar-refractivity contribution in [2.75, 3.05) is 12.8 Å². The molecule has 0 fully saturated rings. The first-order valence-corrected chi connectivity index (χ1v) is 12.7. The lowest BCUT2D eigenvalue weighted by Gasteiger charge is -2.33. The smallest absolute Gasteiger partial charge is 0.239 e. The summed E-state index contributed by atoms with van der Waals surface area (Å²) >= 11 is 7.94. The third-order valence-electron chi connectivity index (χ3n) is 5.49. The van der Waals surface area contributed by atoms with Crippen LogP contribution in [0.4, 0.5) is 0 Å². The first-order chi connectivity index (χ1) is 14.5. The fourth-order valence-electron chi connectivity index (χ4n) is 3.69. The van der Waals surface area contributed by atoms with E-state index in [2.05, 4.69) is 24.0 Å². The Morgan fingerprint density at radius 1 is 1.29 bits per heavy atom. The molecule has 1 aliphatic rings. The normalized spacial score (nSPS) is 20.7. The molecule has 0 amide bonds. The predicted molar refractivity (Wildman–Crippen MR) is 127 cm³/mol. The summed E-state index contributed by atoms with van der Waals surface area (Å²) in [6.07, 6.45) is 0.821. The van der Waals surface area contributed by atoms with Gasteiger partial charge in [0.05, 0.1) is 20.5 Å². The zero-order chi connectivity index (χ0) is 22.6. The minimum absolute atomic E-state index is 0.0484. The number of sulfonamides is 1. The molecule has 1 atom stereocenters. The maximum absolute atomic E-state index is 12.5. The zero-order valence-corrected chi connectivity index (χ0v) is 20.2. The van der Waals surface area contributed by atoms with Crippen molar-refractivity contribution in [1.82, 2.24) is 4.31 Å². The minimum Gasteiger partial charge on any atom is -0.455 e. The van der Waals surface area contributed by atoms with Crippen molar-refractivity contribution in [2.45, 2.75) is 32.7 Å². The van der Waals surface area contributed by atoms with Crippen molar-refractivity contribution in [2.24, 2.45) is 10.7 Å². The van der Waals surface area contributed by atoms with Crippen LogP contribution in [0.25, 0.3) is 22.0 Å². The second-order valence-electron chi connectivity index (χ2n) is 7.94. The Morgan fingerprint density at radius 3 is 2.58 bits per heavy atom. The summed E-state index contributed by atoms with van der Waals surface area (Å²) < 4.78 is 32.3. The molecule has 6 nitrogen and oxygen atoms in total. The maximum Gasteiger partial charge on any atom is 0.239 e. The predicted octanol–water partition coefficient (Wildman–Crippen LogP) is 5.00.